The summed E-state index contributed by atoms with van der Waals surface area (Å²) in [6.07, 6.45) is 6.00. The van der Waals surface area contributed by atoms with Gasteiger partial charge in [0.25, 0.3) is 0 Å². The molecule has 0 spiro atoms. The zero-order valence-electron chi connectivity index (χ0n) is 13.2. The van der Waals surface area contributed by atoms with Crippen molar-refractivity contribution in [1.82, 2.24) is 10.2 Å². The van der Waals surface area contributed by atoms with E-state index in [0.29, 0.717) is 43.0 Å². The van der Waals surface area contributed by atoms with Crippen LogP contribution in [0.25, 0.3) is 0 Å². The van der Waals surface area contributed by atoms with E-state index in [1.807, 2.05) is 6.92 Å². The molecule has 1 saturated heterocycles. The lowest BCUT2D eigenvalue weighted by molar-refractivity contribution is -0.121. The van der Waals surface area contributed by atoms with Crippen LogP contribution in [0.3, 0.4) is 0 Å². The van der Waals surface area contributed by atoms with Gasteiger partial charge in [0.1, 0.15) is 5.78 Å². The van der Waals surface area contributed by atoms with Gasteiger partial charge in [-0.1, -0.05) is 20.8 Å². The summed E-state index contributed by atoms with van der Waals surface area (Å²) in [5.74, 6) is 0.353. The maximum atomic E-state index is 11.4. The maximum absolute atomic E-state index is 11.4. The van der Waals surface area contributed by atoms with E-state index in [9.17, 15) is 4.79 Å². The van der Waals surface area contributed by atoms with E-state index in [0.717, 1.165) is 38.8 Å². The number of likely N-dealkylation sites (tertiary alicyclic amines) is 1. The van der Waals surface area contributed by atoms with E-state index < -0.39 is 0 Å². The van der Waals surface area contributed by atoms with Crippen LogP contribution in [-0.4, -0.2) is 54.6 Å². The van der Waals surface area contributed by atoms with Crippen LogP contribution in [0.4, 0.5) is 0 Å². The Kier molecular flexibility index (Phi) is 6.00. The number of carbonyl (C=O) groups is 1. The van der Waals surface area contributed by atoms with E-state index in [2.05, 4.69) is 24.1 Å². The van der Waals surface area contributed by atoms with Crippen molar-refractivity contribution in [2.45, 2.75) is 77.2 Å². The molecule has 0 amide bonds. The lowest BCUT2D eigenvalue weighted by atomic mass is 9.88. The molecule has 1 aliphatic carbocycles. The van der Waals surface area contributed by atoms with Gasteiger partial charge in [0.05, 0.1) is 18.8 Å². The third-order valence-corrected chi connectivity index (χ3v) is 4.38. The first-order chi connectivity index (χ1) is 9.56. The Hall–Kier alpha value is -0.450. The van der Waals surface area contributed by atoms with Crippen molar-refractivity contribution in [2.24, 2.45) is 0 Å². The Morgan fingerprint density at radius 1 is 1.25 bits per heavy atom. The monoisotopic (exact) mass is 282 g/mol. The molecule has 0 unspecified atom stereocenters. The van der Waals surface area contributed by atoms with E-state index in [1.54, 1.807) is 0 Å². The average molecular weight is 282 g/mol. The summed E-state index contributed by atoms with van der Waals surface area (Å²) in [5.41, 5.74) is 0. The highest BCUT2D eigenvalue weighted by molar-refractivity contribution is 5.80. The fraction of sp³-hybridized carbons (Fsp3) is 0.938. The van der Waals surface area contributed by atoms with Crippen molar-refractivity contribution in [3.63, 3.8) is 0 Å². The first kappa shape index (κ1) is 15.9. The van der Waals surface area contributed by atoms with Gasteiger partial charge >= 0.3 is 0 Å². The van der Waals surface area contributed by atoms with Crippen LogP contribution in [0.5, 0.6) is 0 Å². The van der Waals surface area contributed by atoms with Gasteiger partial charge in [0.2, 0.25) is 0 Å². The van der Waals surface area contributed by atoms with Gasteiger partial charge in [-0.05, 0) is 25.7 Å². The topological polar surface area (TPSA) is 41.6 Å². The van der Waals surface area contributed by atoms with Gasteiger partial charge in [-0.3, -0.25) is 9.69 Å². The molecule has 1 N–H and O–H groups in total. The number of nitrogens with zero attached hydrogens (tertiary/aromatic N) is 1. The molecule has 4 nitrogen and oxygen atoms in total. The van der Waals surface area contributed by atoms with Crippen molar-refractivity contribution in [2.75, 3.05) is 19.6 Å². The Bertz CT molecular complexity index is 306. The number of ketones is 1. The first-order valence-electron chi connectivity index (χ1n) is 8.22. The highest BCUT2D eigenvalue weighted by Crippen LogP contribution is 2.27. The van der Waals surface area contributed by atoms with Crippen molar-refractivity contribution in [1.29, 1.82) is 0 Å². The minimum atomic E-state index is 0.353. The van der Waals surface area contributed by atoms with Crippen molar-refractivity contribution < 1.29 is 9.53 Å². The fourth-order valence-corrected chi connectivity index (χ4v) is 3.12. The van der Waals surface area contributed by atoms with E-state index in [-0.39, 0.29) is 0 Å². The van der Waals surface area contributed by atoms with Crippen molar-refractivity contribution in [3.8, 4) is 0 Å². The normalized spacial score (nSPS) is 28.6. The SMILES string of the molecule is CCC(=O)CN1CCC(OC2CC(NC(C)C)C2)CC1. The highest BCUT2D eigenvalue weighted by Gasteiger charge is 2.33. The summed E-state index contributed by atoms with van der Waals surface area (Å²) >= 11 is 0. The summed E-state index contributed by atoms with van der Waals surface area (Å²) in [5, 5.41) is 3.56. The largest absolute Gasteiger partial charge is 0.375 e. The van der Waals surface area contributed by atoms with Crippen LogP contribution in [0.2, 0.25) is 0 Å². The zero-order valence-corrected chi connectivity index (χ0v) is 13.2. The second-order valence-electron chi connectivity index (χ2n) is 6.62. The fourth-order valence-electron chi connectivity index (χ4n) is 3.12. The molecule has 0 aromatic carbocycles. The van der Waals surface area contributed by atoms with Crippen LogP contribution in [0.15, 0.2) is 0 Å². The number of Topliss-reactive ketones (excluding diaryl/α,β-unsaturated/α-hetero) is 1. The summed E-state index contributed by atoms with van der Waals surface area (Å²) in [6.45, 7) is 8.99. The van der Waals surface area contributed by atoms with Gasteiger partial charge in [-0.2, -0.15) is 0 Å². The van der Waals surface area contributed by atoms with E-state index >= 15 is 0 Å². The molecule has 0 bridgehead atoms. The third-order valence-electron chi connectivity index (χ3n) is 4.38. The Balaban J connectivity index is 1.58. The van der Waals surface area contributed by atoms with Crippen LogP contribution in [0.1, 0.15) is 52.9 Å². The summed E-state index contributed by atoms with van der Waals surface area (Å²) in [4.78, 5) is 13.7. The van der Waals surface area contributed by atoms with Crippen LogP contribution in [-0.2, 0) is 9.53 Å². The number of nitrogens with one attached hydrogen (secondary N) is 1. The molecule has 0 aromatic rings. The molecule has 2 rings (SSSR count). The van der Waals surface area contributed by atoms with Gasteiger partial charge in [0, 0.05) is 31.6 Å². The molecule has 0 atom stereocenters. The number of ether oxygens (including phenoxy) is 1. The zero-order chi connectivity index (χ0) is 14.5. The van der Waals surface area contributed by atoms with Crippen LogP contribution >= 0.6 is 0 Å². The molecule has 1 saturated carbocycles. The third kappa shape index (κ3) is 4.83. The smallest absolute Gasteiger partial charge is 0.146 e. The molecule has 2 aliphatic rings. The Morgan fingerprint density at radius 2 is 1.90 bits per heavy atom. The van der Waals surface area contributed by atoms with Crippen molar-refractivity contribution in [3.05, 3.63) is 0 Å². The molecule has 1 aliphatic heterocycles. The molecular formula is C16H30N2O2. The lowest BCUT2D eigenvalue weighted by Crippen LogP contribution is -2.50. The summed E-state index contributed by atoms with van der Waals surface area (Å²) in [7, 11) is 0. The predicted molar refractivity (Wildman–Crippen MR) is 80.9 cm³/mol. The number of rotatable bonds is 7. The maximum Gasteiger partial charge on any atom is 0.146 e. The van der Waals surface area contributed by atoms with E-state index in [4.69, 9.17) is 4.74 Å². The lowest BCUT2D eigenvalue weighted by Gasteiger charge is -2.41. The molecule has 1 heterocycles. The van der Waals surface area contributed by atoms with Crippen LogP contribution in [0, 0.1) is 0 Å². The van der Waals surface area contributed by atoms with Gasteiger partial charge < -0.3 is 10.1 Å². The molecule has 116 valence electrons. The second-order valence-corrected chi connectivity index (χ2v) is 6.62. The summed E-state index contributed by atoms with van der Waals surface area (Å²) < 4.78 is 6.17. The van der Waals surface area contributed by atoms with Gasteiger partial charge in [-0.25, -0.2) is 0 Å². The number of hydrogen-bond acceptors (Lipinski definition) is 4. The van der Waals surface area contributed by atoms with Gasteiger partial charge in [0.15, 0.2) is 0 Å². The Labute approximate surface area is 123 Å². The molecule has 20 heavy (non-hydrogen) atoms. The molecular weight excluding hydrogens is 252 g/mol. The molecule has 4 heteroatoms. The predicted octanol–water partition coefficient (Wildman–Crippen LogP) is 1.98. The second kappa shape index (κ2) is 7.53. The number of piperidine rings is 1. The van der Waals surface area contributed by atoms with Crippen molar-refractivity contribution >= 4 is 5.78 Å². The Morgan fingerprint density at radius 3 is 2.45 bits per heavy atom. The summed E-state index contributed by atoms with van der Waals surface area (Å²) in [6, 6.07) is 1.22. The van der Waals surface area contributed by atoms with E-state index in [1.165, 1.54) is 0 Å². The minimum absolute atomic E-state index is 0.353. The standard InChI is InChI=1S/C16H30N2O2/c1-4-14(19)11-18-7-5-15(6-8-18)20-16-9-13(10-16)17-12(2)3/h12-13,15-17H,4-11H2,1-3H3. The molecule has 2 fully saturated rings. The number of carbonyl (C=O) groups excluding carboxylic acids is 1. The quantitative estimate of drug-likeness (QED) is 0.775. The minimum Gasteiger partial charge on any atom is -0.375 e. The molecule has 0 radical (unpaired) electrons. The highest BCUT2D eigenvalue weighted by atomic mass is 16.5. The molecule has 0 aromatic heterocycles. The average Bonchev–Trinajstić information content (AvgIpc) is 2.37. The van der Waals surface area contributed by atoms with Crippen LogP contribution < -0.4 is 5.32 Å². The van der Waals surface area contributed by atoms with Gasteiger partial charge in [-0.15, -0.1) is 0 Å². The first-order valence-corrected chi connectivity index (χ1v) is 8.22. The number of hydrogen-bond donors (Lipinski definition) is 1.